The van der Waals surface area contributed by atoms with E-state index in [9.17, 15) is 0 Å². The van der Waals surface area contributed by atoms with Crippen LogP contribution in [-0.2, 0) is 6.54 Å². The lowest BCUT2D eigenvalue weighted by Gasteiger charge is -2.26. The van der Waals surface area contributed by atoms with Crippen LogP contribution in [0.5, 0.6) is 23.0 Å². The van der Waals surface area contributed by atoms with Crippen LogP contribution >= 0.6 is 0 Å². The highest BCUT2D eigenvalue weighted by Crippen LogP contribution is 2.35. The molecule has 0 saturated heterocycles. The molecular formula is C21H25NO4. The highest BCUT2D eigenvalue weighted by Gasteiger charge is 2.20. The Bertz CT molecular complexity index is 775. The van der Waals surface area contributed by atoms with Crippen LogP contribution in [0.1, 0.15) is 31.0 Å². The molecule has 0 spiro atoms. The molecule has 1 unspecified atom stereocenters. The molecule has 0 radical (unpaired) electrons. The maximum absolute atomic E-state index is 5.74. The van der Waals surface area contributed by atoms with E-state index in [0.29, 0.717) is 32.3 Å². The molecule has 2 heterocycles. The Morgan fingerprint density at radius 1 is 0.769 bits per heavy atom. The van der Waals surface area contributed by atoms with Gasteiger partial charge in [0.2, 0.25) is 0 Å². The summed E-state index contributed by atoms with van der Waals surface area (Å²) in [5.41, 5.74) is 2.39. The summed E-state index contributed by atoms with van der Waals surface area (Å²) in [5.74, 6) is 3.76. The summed E-state index contributed by atoms with van der Waals surface area (Å²) in [5, 5.41) is 3.67. The lowest BCUT2D eigenvalue weighted by Crippen LogP contribution is -2.26. The molecule has 26 heavy (non-hydrogen) atoms. The fraction of sp³-hybridized carbons (Fsp3) is 0.429. The fourth-order valence-corrected chi connectivity index (χ4v) is 3.42. The van der Waals surface area contributed by atoms with Crippen molar-refractivity contribution in [2.24, 2.45) is 5.92 Å². The number of hydrogen-bond donors (Lipinski definition) is 1. The van der Waals surface area contributed by atoms with Crippen LogP contribution in [-0.4, -0.2) is 26.4 Å². The molecule has 0 amide bonds. The average molecular weight is 355 g/mol. The molecule has 138 valence electrons. The zero-order valence-electron chi connectivity index (χ0n) is 15.3. The molecule has 5 heteroatoms. The average Bonchev–Trinajstić information content (AvgIpc) is 2.67. The number of nitrogens with one attached hydrogen (secondary N) is 1. The van der Waals surface area contributed by atoms with Crippen LogP contribution in [0.4, 0.5) is 0 Å². The predicted molar refractivity (Wildman–Crippen MR) is 99.3 cm³/mol. The zero-order chi connectivity index (χ0) is 17.9. The third kappa shape index (κ3) is 3.58. The van der Waals surface area contributed by atoms with Gasteiger partial charge in [-0.05, 0) is 41.3 Å². The molecule has 0 fully saturated rings. The van der Waals surface area contributed by atoms with Gasteiger partial charge in [-0.15, -0.1) is 0 Å². The second-order valence-electron chi connectivity index (χ2n) is 6.98. The normalized spacial score (nSPS) is 16.4. The molecule has 2 aromatic rings. The highest BCUT2D eigenvalue weighted by atomic mass is 16.6. The minimum atomic E-state index is 0.221. The van der Waals surface area contributed by atoms with Gasteiger partial charge in [-0.2, -0.15) is 0 Å². The summed E-state index contributed by atoms with van der Waals surface area (Å²) in [6.45, 7) is 7.64. The maximum Gasteiger partial charge on any atom is 0.161 e. The number of ether oxygens (including phenoxy) is 4. The van der Waals surface area contributed by atoms with E-state index in [0.717, 1.165) is 29.5 Å². The second-order valence-corrected chi connectivity index (χ2v) is 6.98. The molecule has 0 bridgehead atoms. The Morgan fingerprint density at radius 2 is 1.35 bits per heavy atom. The van der Waals surface area contributed by atoms with Crippen LogP contribution < -0.4 is 24.3 Å². The summed E-state index contributed by atoms with van der Waals surface area (Å²) >= 11 is 0. The van der Waals surface area contributed by atoms with Gasteiger partial charge in [0.05, 0.1) is 0 Å². The van der Waals surface area contributed by atoms with E-state index in [1.54, 1.807) is 0 Å². The first-order valence-corrected chi connectivity index (χ1v) is 9.22. The largest absolute Gasteiger partial charge is 0.486 e. The Labute approximate surface area is 154 Å². The predicted octanol–water partition coefficient (Wildman–Crippen LogP) is 3.72. The van der Waals surface area contributed by atoms with Crippen molar-refractivity contribution in [3.63, 3.8) is 0 Å². The molecule has 2 aliphatic rings. The molecule has 0 aromatic heterocycles. The molecule has 2 aromatic carbocycles. The fourth-order valence-electron chi connectivity index (χ4n) is 3.42. The number of hydrogen-bond acceptors (Lipinski definition) is 5. The van der Waals surface area contributed by atoms with Crippen molar-refractivity contribution in [1.82, 2.24) is 5.32 Å². The molecule has 0 saturated carbocycles. The summed E-state index contributed by atoms with van der Waals surface area (Å²) in [6, 6.07) is 12.6. The van der Waals surface area contributed by atoms with Crippen molar-refractivity contribution in [3.05, 3.63) is 47.5 Å². The number of benzene rings is 2. The minimum Gasteiger partial charge on any atom is -0.486 e. The Hall–Kier alpha value is -2.40. The first-order chi connectivity index (χ1) is 12.7. The van der Waals surface area contributed by atoms with E-state index in [-0.39, 0.29) is 6.04 Å². The lowest BCUT2D eigenvalue weighted by atomic mass is 9.95. The van der Waals surface area contributed by atoms with Gasteiger partial charge >= 0.3 is 0 Å². The van der Waals surface area contributed by atoms with Gasteiger partial charge in [-0.25, -0.2) is 0 Å². The van der Waals surface area contributed by atoms with Gasteiger partial charge < -0.3 is 24.3 Å². The van der Waals surface area contributed by atoms with E-state index in [4.69, 9.17) is 18.9 Å². The third-order valence-electron chi connectivity index (χ3n) is 4.72. The van der Waals surface area contributed by atoms with Gasteiger partial charge in [0.15, 0.2) is 23.0 Å². The Morgan fingerprint density at radius 3 is 2.00 bits per heavy atom. The highest BCUT2D eigenvalue weighted by molar-refractivity contribution is 5.45. The Balaban J connectivity index is 1.49. The van der Waals surface area contributed by atoms with Crippen LogP contribution in [0.2, 0.25) is 0 Å². The molecule has 4 rings (SSSR count). The third-order valence-corrected chi connectivity index (χ3v) is 4.72. The van der Waals surface area contributed by atoms with E-state index in [1.165, 1.54) is 11.1 Å². The minimum absolute atomic E-state index is 0.221. The molecule has 1 N–H and O–H groups in total. The van der Waals surface area contributed by atoms with Crippen LogP contribution in [0.3, 0.4) is 0 Å². The van der Waals surface area contributed by atoms with Gasteiger partial charge in [-0.3, -0.25) is 0 Å². The van der Waals surface area contributed by atoms with Gasteiger partial charge in [-0.1, -0.05) is 26.0 Å². The topological polar surface area (TPSA) is 49.0 Å². The molecular weight excluding hydrogens is 330 g/mol. The Kier molecular flexibility index (Phi) is 4.89. The first-order valence-electron chi connectivity index (χ1n) is 9.22. The van der Waals surface area contributed by atoms with Gasteiger partial charge in [0, 0.05) is 12.6 Å². The van der Waals surface area contributed by atoms with Crippen LogP contribution in [0.15, 0.2) is 36.4 Å². The van der Waals surface area contributed by atoms with Crippen molar-refractivity contribution in [2.45, 2.75) is 26.4 Å². The van der Waals surface area contributed by atoms with E-state index >= 15 is 0 Å². The molecule has 2 aliphatic heterocycles. The lowest BCUT2D eigenvalue weighted by molar-refractivity contribution is 0.171. The molecule has 0 aliphatic carbocycles. The van der Waals surface area contributed by atoms with E-state index in [1.807, 2.05) is 12.1 Å². The summed E-state index contributed by atoms with van der Waals surface area (Å²) in [7, 11) is 0. The van der Waals surface area contributed by atoms with E-state index < -0.39 is 0 Å². The quantitative estimate of drug-likeness (QED) is 0.886. The van der Waals surface area contributed by atoms with Crippen molar-refractivity contribution >= 4 is 0 Å². The summed E-state index contributed by atoms with van der Waals surface area (Å²) in [6.07, 6.45) is 0. The standard InChI is InChI=1S/C21H25NO4/c1-14(2)21(16-4-6-18-20(12-16)26-10-8-24-18)22-13-15-3-5-17-19(11-15)25-9-7-23-17/h3-6,11-12,14,21-22H,7-10,13H2,1-2H3. The zero-order valence-corrected chi connectivity index (χ0v) is 15.3. The first kappa shape index (κ1) is 17.0. The van der Waals surface area contributed by atoms with Crippen molar-refractivity contribution in [2.75, 3.05) is 26.4 Å². The monoisotopic (exact) mass is 355 g/mol. The SMILES string of the molecule is CC(C)C(NCc1ccc2c(c1)OCCO2)c1ccc2c(c1)OCCO2. The van der Waals surface area contributed by atoms with Gasteiger partial charge in [0.1, 0.15) is 26.4 Å². The number of fused-ring (bicyclic) bond motifs is 2. The molecule has 1 atom stereocenters. The van der Waals surface area contributed by atoms with Crippen molar-refractivity contribution in [1.29, 1.82) is 0 Å². The van der Waals surface area contributed by atoms with Gasteiger partial charge in [0.25, 0.3) is 0 Å². The van der Waals surface area contributed by atoms with Crippen LogP contribution in [0.25, 0.3) is 0 Å². The maximum atomic E-state index is 5.74. The molecule has 5 nitrogen and oxygen atoms in total. The van der Waals surface area contributed by atoms with Crippen molar-refractivity contribution in [3.8, 4) is 23.0 Å². The number of rotatable bonds is 5. The second kappa shape index (κ2) is 7.46. The van der Waals surface area contributed by atoms with Crippen LogP contribution in [0, 0.1) is 5.92 Å². The summed E-state index contributed by atoms with van der Waals surface area (Å²) in [4.78, 5) is 0. The van der Waals surface area contributed by atoms with E-state index in [2.05, 4.69) is 43.4 Å². The summed E-state index contributed by atoms with van der Waals surface area (Å²) < 4.78 is 22.6. The van der Waals surface area contributed by atoms with Crippen molar-refractivity contribution < 1.29 is 18.9 Å². The smallest absolute Gasteiger partial charge is 0.161 e.